The number of hydrogen-bond donors (Lipinski definition) is 1. The van der Waals surface area contributed by atoms with Crippen LogP contribution in [0, 0.1) is 13.8 Å². The van der Waals surface area contributed by atoms with E-state index in [0.717, 1.165) is 68.8 Å². The van der Waals surface area contributed by atoms with E-state index in [1.54, 1.807) is 11.3 Å². The summed E-state index contributed by atoms with van der Waals surface area (Å²) < 4.78 is 0. The molecule has 156 valence electrons. The molecule has 1 N–H and O–H groups in total. The molecule has 2 fully saturated rings. The Balaban J connectivity index is 1.43. The molecule has 3 rings (SSSR count). The molecule has 2 saturated heterocycles. The fraction of sp³-hybridized carbons (Fsp3) is 0.750. The topological polar surface area (TPSA) is 64.1 Å². The van der Waals surface area contributed by atoms with Crippen molar-refractivity contribution in [1.29, 1.82) is 0 Å². The molecule has 2 aliphatic rings. The van der Waals surface area contributed by atoms with Gasteiger partial charge < -0.3 is 15.1 Å². The van der Waals surface area contributed by atoms with Gasteiger partial charge in [-0.3, -0.25) is 14.7 Å². The van der Waals surface area contributed by atoms with Crippen LogP contribution in [0.4, 0.5) is 0 Å². The van der Waals surface area contributed by atoms with E-state index in [0.29, 0.717) is 19.0 Å². The summed E-state index contributed by atoms with van der Waals surface area (Å²) in [5.74, 6) is 1.22. The molecule has 3 heterocycles. The second-order valence-corrected chi connectivity index (χ2v) is 9.00. The van der Waals surface area contributed by atoms with Crippen LogP contribution < -0.4 is 5.32 Å². The van der Waals surface area contributed by atoms with Gasteiger partial charge in [0, 0.05) is 51.2 Å². The van der Waals surface area contributed by atoms with Crippen molar-refractivity contribution in [3.05, 3.63) is 15.6 Å². The smallest absolute Gasteiger partial charge is 0.236 e. The van der Waals surface area contributed by atoms with Crippen molar-refractivity contribution >= 4 is 23.2 Å². The molecule has 0 spiro atoms. The van der Waals surface area contributed by atoms with E-state index >= 15 is 0 Å². The summed E-state index contributed by atoms with van der Waals surface area (Å²) in [6, 6.07) is 0. The van der Waals surface area contributed by atoms with Gasteiger partial charge in [-0.2, -0.15) is 0 Å². The highest BCUT2D eigenvalue weighted by molar-refractivity contribution is 7.11. The summed E-state index contributed by atoms with van der Waals surface area (Å²) in [6.45, 7) is 10.9. The number of likely N-dealkylation sites (tertiary alicyclic amines) is 1. The number of amides is 1. The molecule has 0 bridgehead atoms. The second kappa shape index (κ2) is 10.2. The predicted molar refractivity (Wildman–Crippen MR) is 115 cm³/mol. The highest BCUT2D eigenvalue weighted by Crippen LogP contribution is 2.16. The Morgan fingerprint density at radius 2 is 1.71 bits per heavy atom. The van der Waals surface area contributed by atoms with Gasteiger partial charge in [-0.15, -0.1) is 11.3 Å². The Morgan fingerprint density at radius 3 is 2.29 bits per heavy atom. The zero-order chi connectivity index (χ0) is 19.9. The first-order chi connectivity index (χ1) is 13.6. The number of carbonyl (C=O) groups is 1. The molecule has 0 saturated carbocycles. The largest absolute Gasteiger partial charge is 0.350 e. The summed E-state index contributed by atoms with van der Waals surface area (Å²) >= 11 is 1.74. The molecule has 1 aromatic rings. The van der Waals surface area contributed by atoms with E-state index in [1.807, 2.05) is 7.05 Å². The summed E-state index contributed by atoms with van der Waals surface area (Å²) in [5.41, 5.74) is 1.11. The minimum absolute atomic E-state index is 0.298. The van der Waals surface area contributed by atoms with Gasteiger partial charge in [0.1, 0.15) is 5.01 Å². The molecule has 7 nitrogen and oxygen atoms in total. The molecule has 0 unspecified atom stereocenters. The van der Waals surface area contributed by atoms with E-state index in [4.69, 9.17) is 0 Å². The van der Waals surface area contributed by atoms with Gasteiger partial charge in [-0.25, -0.2) is 4.98 Å². The first-order valence-electron chi connectivity index (χ1n) is 10.5. The van der Waals surface area contributed by atoms with Gasteiger partial charge in [0.05, 0.1) is 18.8 Å². The summed E-state index contributed by atoms with van der Waals surface area (Å²) in [4.78, 5) is 29.5. The number of aromatic nitrogens is 1. The third-order valence-electron chi connectivity index (χ3n) is 5.67. The average molecular weight is 407 g/mol. The lowest BCUT2D eigenvalue weighted by atomic mass is 10.2. The Morgan fingerprint density at radius 1 is 1.04 bits per heavy atom. The molecule has 28 heavy (non-hydrogen) atoms. The molecule has 2 aliphatic heterocycles. The number of nitrogens with zero attached hydrogens (tertiary/aromatic N) is 5. The van der Waals surface area contributed by atoms with Crippen LogP contribution >= 0.6 is 11.3 Å². The van der Waals surface area contributed by atoms with E-state index in [9.17, 15) is 4.79 Å². The standard InChI is InChI=1S/C20H34N6OS/c1-16-17(2)28-18(23-16)14-22-20(21-3)26-12-10-24(11-13-26)15-19(27)25-8-6-4-5-7-9-25/h4-15H2,1-3H3,(H,21,22). The molecule has 1 aromatic heterocycles. The van der Waals surface area contributed by atoms with Gasteiger partial charge >= 0.3 is 0 Å². The third-order valence-corrected chi connectivity index (χ3v) is 6.74. The van der Waals surface area contributed by atoms with Gasteiger partial charge in [0.2, 0.25) is 5.91 Å². The van der Waals surface area contributed by atoms with Gasteiger partial charge in [0.15, 0.2) is 5.96 Å². The normalized spacial score (nSPS) is 19.6. The molecule has 0 aliphatic carbocycles. The SMILES string of the molecule is CN=C(NCc1nc(C)c(C)s1)N1CCN(CC(=O)N2CCCCCC2)CC1. The fourth-order valence-corrected chi connectivity index (χ4v) is 4.70. The number of thiazole rings is 1. The maximum absolute atomic E-state index is 12.6. The van der Waals surface area contributed by atoms with Crippen LogP contribution in [0.25, 0.3) is 0 Å². The number of aliphatic imine (C=N–C) groups is 1. The number of aryl methyl sites for hydroxylation is 2. The Labute approximate surface area is 172 Å². The Bertz CT molecular complexity index is 653. The summed E-state index contributed by atoms with van der Waals surface area (Å²) in [5, 5.41) is 4.54. The van der Waals surface area contributed by atoms with Crippen molar-refractivity contribution < 1.29 is 4.79 Å². The van der Waals surface area contributed by atoms with Crippen molar-refractivity contribution in [3.63, 3.8) is 0 Å². The maximum Gasteiger partial charge on any atom is 0.236 e. The van der Waals surface area contributed by atoms with E-state index in [2.05, 4.69) is 43.8 Å². The third kappa shape index (κ3) is 5.67. The van der Waals surface area contributed by atoms with Crippen LogP contribution in [0.2, 0.25) is 0 Å². The van der Waals surface area contributed by atoms with Crippen LogP contribution in [-0.4, -0.2) is 84.4 Å². The molecular formula is C20H34N6OS. The van der Waals surface area contributed by atoms with Crippen molar-refractivity contribution in [2.45, 2.75) is 46.1 Å². The molecule has 1 amide bonds. The summed E-state index contributed by atoms with van der Waals surface area (Å²) in [7, 11) is 1.83. The van der Waals surface area contributed by atoms with Crippen molar-refractivity contribution in [2.75, 3.05) is 52.9 Å². The molecule has 0 atom stereocenters. The molecule has 0 aromatic carbocycles. The minimum Gasteiger partial charge on any atom is -0.350 e. The number of guanidine groups is 1. The van der Waals surface area contributed by atoms with Crippen LogP contribution in [0.3, 0.4) is 0 Å². The highest BCUT2D eigenvalue weighted by atomic mass is 32.1. The van der Waals surface area contributed by atoms with Crippen molar-refractivity contribution in [1.82, 2.24) is 25.0 Å². The fourth-order valence-electron chi connectivity index (χ4n) is 3.83. The number of carbonyl (C=O) groups excluding carboxylic acids is 1. The quantitative estimate of drug-likeness (QED) is 0.611. The maximum atomic E-state index is 12.6. The highest BCUT2D eigenvalue weighted by Gasteiger charge is 2.23. The molecule has 0 radical (unpaired) electrons. The lowest BCUT2D eigenvalue weighted by molar-refractivity contribution is -0.132. The molecule has 8 heteroatoms. The van der Waals surface area contributed by atoms with Crippen LogP contribution in [0.1, 0.15) is 41.3 Å². The van der Waals surface area contributed by atoms with E-state index in [-0.39, 0.29) is 0 Å². The van der Waals surface area contributed by atoms with Crippen LogP contribution in [0.15, 0.2) is 4.99 Å². The van der Waals surface area contributed by atoms with Crippen LogP contribution in [0.5, 0.6) is 0 Å². The van der Waals surface area contributed by atoms with E-state index in [1.165, 1.54) is 17.7 Å². The first-order valence-corrected chi connectivity index (χ1v) is 11.3. The lowest BCUT2D eigenvalue weighted by Crippen LogP contribution is -2.54. The molecular weight excluding hydrogens is 372 g/mol. The van der Waals surface area contributed by atoms with Crippen LogP contribution in [-0.2, 0) is 11.3 Å². The summed E-state index contributed by atoms with van der Waals surface area (Å²) in [6.07, 6.45) is 4.82. The number of hydrogen-bond acceptors (Lipinski definition) is 5. The second-order valence-electron chi connectivity index (χ2n) is 7.71. The average Bonchev–Trinajstić information content (AvgIpc) is 2.89. The predicted octanol–water partition coefficient (Wildman–Crippen LogP) is 1.86. The number of piperazine rings is 1. The van der Waals surface area contributed by atoms with E-state index < -0.39 is 0 Å². The zero-order valence-corrected chi connectivity index (χ0v) is 18.4. The monoisotopic (exact) mass is 406 g/mol. The Kier molecular flexibility index (Phi) is 7.67. The van der Waals surface area contributed by atoms with Crippen molar-refractivity contribution in [3.8, 4) is 0 Å². The van der Waals surface area contributed by atoms with Crippen molar-refractivity contribution in [2.24, 2.45) is 4.99 Å². The number of nitrogens with one attached hydrogen (secondary N) is 1. The first kappa shape index (κ1) is 21.0. The minimum atomic E-state index is 0.298. The number of rotatable bonds is 4. The van der Waals surface area contributed by atoms with Gasteiger partial charge in [-0.1, -0.05) is 12.8 Å². The Hall–Kier alpha value is -1.67. The van der Waals surface area contributed by atoms with Gasteiger partial charge in [0.25, 0.3) is 0 Å². The zero-order valence-electron chi connectivity index (χ0n) is 17.5. The lowest BCUT2D eigenvalue weighted by Gasteiger charge is -2.36. The van der Waals surface area contributed by atoms with Gasteiger partial charge in [-0.05, 0) is 26.7 Å².